The molecule has 18 heavy (non-hydrogen) atoms. The van der Waals surface area contributed by atoms with Crippen molar-refractivity contribution < 1.29 is 14.3 Å². The van der Waals surface area contributed by atoms with Gasteiger partial charge in [0.1, 0.15) is 11.5 Å². The third kappa shape index (κ3) is 3.18. The lowest BCUT2D eigenvalue weighted by Crippen LogP contribution is -2.11. The number of hydrogen-bond donors (Lipinski definition) is 1. The molecule has 0 saturated carbocycles. The second kappa shape index (κ2) is 5.63. The van der Waals surface area contributed by atoms with Crippen molar-refractivity contribution in [2.45, 2.75) is 0 Å². The molecule has 4 heteroatoms. The molecule has 1 amide bonds. The van der Waals surface area contributed by atoms with Crippen molar-refractivity contribution in [2.75, 3.05) is 5.32 Å². The van der Waals surface area contributed by atoms with Crippen LogP contribution >= 0.6 is 0 Å². The van der Waals surface area contributed by atoms with Gasteiger partial charge in [-0.05, 0) is 36.4 Å². The standard InChI is InChI=1S/C14H11NO3/c16-10-14(17)15-11-6-8-13(9-7-11)18-12-4-2-1-3-5-12/h1-10H,(H,15,17). The van der Waals surface area contributed by atoms with Gasteiger partial charge >= 0.3 is 0 Å². The Morgan fingerprint density at radius 1 is 0.944 bits per heavy atom. The maximum absolute atomic E-state index is 10.8. The van der Waals surface area contributed by atoms with Crippen LogP contribution in [0.25, 0.3) is 0 Å². The molecule has 0 aliphatic carbocycles. The van der Waals surface area contributed by atoms with Gasteiger partial charge in [0.05, 0.1) is 0 Å². The summed E-state index contributed by atoms with van der Waals surface area (Å²) in [4.78, 5) is 21.0. The average molecular weight is 241 g/mol. The normalized spacial score (nSPS) is 9.56. The highest BCUT2D eigenvalue weighted by Gasteiger charge is 2.00. The average Bonchev–Trinajstić information content (AvgIpc) is 2.42. The molecule has 1 N–H and O–H groups in total. The van der Waals surface area contributed by atoms with Gasteiger partial charge in [-0.15, -0.1) is 0 Å². The summed E-state index contributed by atoms with van der Waals surface area (Å²) in [7, 11) is 0. The molecule has 0 fully saturated rings. The van der Waals surface area contributed by atoms with Crippen molar-refractivity contribution in [2.24, 2.45) is 0 Å². The Hall–Kier alpha value is -2.62. The maximum Gasteiger partial charge on any atom is 0.288 e. The largest absolute Gasteiger partial charge is 0.457 e. The van der Waals surface area contributed by atoms with E-state index < -0.39 is 5.91 Å². The second-order valence-electron chi connectivity index (χ2n) is 3.55. The molecule has 0 bridgehead atoms. The summed E-state index contributed by atoms with van der Waals surface area (Å²) in [5.74, 6) is 0.721. The highest BCUT2D eigenvalue weighted by Crippen LogP contribution is 2.22. The van der Waals surface area contributed by atoms with Gasteiger partial charge in [0.2, 0.25) is 6.29 Å². The predicted octanol–water partition coefficient (Wildman–Crippen LogP) is 2.62. The minimum Gasteiger partial charge on any atom is -0.457 e. The number of nitrogens with one attached hydrogen (secondary N) is 1. The Morgan fingerprint density at radius 3 is 2.17 bits per heavy atom. The molecule has 0 aromatic heterocycles. The van der Waals surface area contributed by atoms with Crippen LogP contribution in [0.3, 0.4) is 0 Å². The summed E-state index contributed by atoms with van der Waals surface area (Å²) in [6.07, 6.45) is 0.231. The van der Waals surface area contributed by atoms with E-state index in [4.69, 9.17) is 4.74 Å². The molecule has 0 radical (unpaired) electrons. The SMILES string of the molecule is O=CC(=O)Nc1ccc(Oc2ccccc2)cc1. The summed E-state index contributed by atoms with van der Waals surface area (Å²) >= 11 is 0. The highest BCUT2D eigenvalue weighted by molar-refractivity contribution is 6.29. The molecule has 0 atom stereocenters. The Kier molecular flexibility index (Phi) is 3.71. The van der Waals surface area contributed by atoms with Crippen LogP contribution < -0.4 is 10.1 Å². The number of anilines is 1. The Labute approximate surface area is 104 Å². The predicted molar refractivity (Wildman–Crippen MR) is 67.7 cm³/mol. The third-order valence-electron chi connectivity index (χ3n) is 2.21. The lowest BCUT2D eigenvalue weighted by atomic mass is 10.3. The number of benzene rings is 2. The van der Waals surface area contributed by atoms with E-state index in [1.807, 2.05) is 30.3 Å². The van der Waals surface area contributed by atoms with E-state index in [0.717, 1.165) is 5.75 Å². The summed E-state index contributed by atoms with van der Waals surface area (Å²) in [6.45, 7) is 0. The van der Waals surface area contributed by atoms with Gasteiger partial charge in [0.25, 0.3) is 5.91 Å². The topological polar surface area (TPSA) is 55.4 Å². The van der Waals surface area contributed by atoms with E-state index in [-0.39, 0.29) is 6.29 Å². The van der Waals surface area contributed by atoms with E-state index >= 15 is 0 Å². The van der Waals surface area contributed by atoms with Crippen LogP contribution in [-0.4, -0.2) is 12.2 Å². The number of hydrogen-bond acceptors (Lipinski definition) is 3. The zero-order valence-electron chi connectivity index (χ0n) is 9.50. The molecule has 0 spiro atoms. The quantitative estimate of drug-likeness (QED) is 0.661. The van der Waals surface area contributed by atoms with Crippen LogP contribution in [0, 0.1) is 0 Å². The first kappa shape index (κ1) is 11.9. The maximum atomic E-state index is 10.8. The summed E-state index contributed by atoms with van der Waals surface area (Å²) in [6, 6.07) is 16.1. The number of para-hydroxylation sites is 1. The van der Waals surface area contributed by atoms with Crippen molar-refractivity contribution in [1.29, 1.82) is 0 Å². The van der Waals surface area contributed by atoms with Gasteiger partial charge in [-0.25, -0.2) is 0 Å². The van der Waals surface area contributed by atoms with Gasteiger partial charge < -0.3 is 10.1 Å². The van der Waals surface area contributed by atoms with Crippen LogP contribution in [0.4, 0.5) is 5.69 Å². The first-order valence-electron chi connectivity index (χ1n) is 5.37. The zero-order valence-corrected chi connectivity index (χ0v) is 9.50. The Balaban J connectivity index is 2.04. The number of carbonyl (C=O) groups is 2. The number of carbonyl (C=O) groups excluding carboxylic acids is 2. The lowest BCUT2D eigenvalue weighted by molar-refractivity contribution is -0.127. The fourth-order valence-corrected chi connectivity index (χ4v) is 1.40. The summed E-state index contributed by atoms with van der Waals surface area (Å²) < 4.78 is 5.58. The third-order valence-corrected chi connectivity index (χ3v) is 2.21. The van der Waals surface area contributed by atoms with Crippen molar-refractivity contribution in [1.82, 2.24) is 0 Å². The van der Waals surface area contributed by atoms with Crippen LogP contribution in [0.5, 0.6) is 11.5 Å². The molecule has 0 unspecified atom stereocenters. The Morgan fingerprint density at radius 2 is 1.56 bits per heavy atom. The van der Waals surface area contributed by atoms with Crippen molar-refractivity contribution >= 4 is 17.9 Å². The molecule has 2 aromatic carbocycles. The van der Waals surface area contributed by atoms with Crippen LogP contribution in [0.2, 0.25) is 0 Å². The number of amides is 1. The molecular formula is C14H11NO3. The summed E-state index contributed by atoms with van der Waals surface area (Å²) in [5, 5.41) is 2.42. The smallest absolute Gasteiger partial charge is 0.288 e. The highest BCUT2D eigenvalue weighted by atomic mass is 16.5. The molecule has 90 valence electrons. The van der Waals surface area contributed by atoms with Gasteiger partial charge in [-0.1, -0.05) is 18.2 Å². The monoisotopic (exact) mass is 241 g/mol. The molecule has 0 aliphatic heterocycles. The molecule has 2 rings (SSSR count). The second-order valence-corrected chi connectivity index (χ2v) is 3.55. The molecule has 0 saturated heterocycles. The van der Waals surface area contributed by atoms with E-state index in [1.54, 1.807) is 24.3 Å². The van der Waals surface area contributed by atoms with Crippen LogP contribution in [0.15, 0.2) is 54.6 Å². The van der Waals surface area contributed by atoms with Gasteiger partial charge in [-0.2, -0.15) is 0 Å². The first-order chi connectivity index (χ1) is 8.78. The van der Waals surface area contributed by atoms with Crippen molar-refractivity contribution in [3.63, 3.8) is 0 Å². The molecule has 0 aliphatic rings. The van der Waals surface area contributed by atoms with E-state index in [1.165, 1.54) is 0 Å². The van der Waals surface area contributed by atoms with Crippen LogP contribution in [-0.2, 0) is 9.59 Å². The fraction of sp³-hybridized carbons (Fsp3) is 0. The minimum absolute atomic E-state index is 0.231. The summed E-state index contributed by atoms with van der Waals surface area (Å²) in [5.41, 5.74) is 0.549. The van der Waals surface area contributed by atoms with E-state index in [0.29, 0.717) is 11.4 Å². The molecule has 4 nitrogen and oxygen atoms in total. The van der Waals surface area contributed by atoms with Gasteiger partial charge in [-0.3, -0.25) is 9.59 Å². The van der Waals surface area contributed by atoms with Gasteiger partial charge in [0, 0.05) is 5.69 Å². The Bertz CT molecular complexity index is 535. The number of aldehydes is 1. The lowest BCUT2D eigenvalue weighted by Gasteiger charge is -2.06. The van der Waals surface area contributed by atoms with Crippen molar-refractivity contribution in [3.8, 4) is 11.5 Å². The van der Waals surface area contributed by atoms with Gasteiger partial charge in [0.15, 0.2) is 0 Å². The first-order valence-corrected chi connectivity index (χ1v) is 5.37. The van der Waals surface area contributed by atoms with E-state index in [2.05, 4.69) is 5.32 Å². The van der Waals surface area contributed by atoms with Crippen molar-refractivity contribution in [3.05, 3.63) is 54.6 Å². The minimum atomic E-state index is -0.674. The molecule has 0 heterocycles. The zero-order chi connectivity index (χ0) is 12.8. The molecular weight excluding hydrogens is 230 g/mol. The number of rotatable bonds is 4. The molecule has 2 aromatic rings. The fourth-order valence-electron chi connectivity index (χ4n) is 1.40. The number of ether oxygens (including phenoxy) is 1. The van der Waals surface area contributed by atoms with E-state index in [9.17, 15) is 9.59 Å². The van der Waals surface area contributed by atoms with Crippen LogP contribution in [0.1, 0.15) is 0 Å².